The maximum absolute atomic E-state index is 12.4. The Kier molecular flexibility index (Phi) is 7.16. The first-order valence-corrected chi connectivity index (χ1v) is 9.72. The highest BCUT2D eigenvalue weighted by Crippen LogP contribution is 2.21. The van der Waals surface area contributed by atoms with Crippen LogP contribution in [0.5, 0.6) is 0 Å². The van der Waals surface area contributed by atoms with Gasteiger partial charge in [0.1, 0.15) is 6.04 Å². The third kappa shape index (κ3) is 5.40. The average molecular weight is 408 g/mol. The van der Waals surface area contributed by atoms with Crippen LogP contribution in [0.15, 0.2) is 30.3 Å². The van der Waals surface area contributed by atoms with Crippen molar-refractivity contribution in [3.05, 3.63) is 56.2 Å². The van der Waals surface area contributed by atoms with Crippen LogP contribution in [0.3, 0.4) is 0 Å². The fourth-order valence-corrected chi connectivity index (χ4v) is 3.74. The molecule has 1 amide bonds. The highest BCUT2D eigenvalue weighted by molar-refractivity contribution is 7.12. The van der Waals surface area contributed by atoms with Crippen molar-refractivity contribution in [3.8, 4) is 0 Å². The maximum Gasteiger partial charge on any atom is 0.329 e. The van der Waals surface area contributed by atoms with Crippen molar-refractivity contribution in [1.82, 2.24) is 5.32 Å². The molecule has 27 heavy (non-hydrogen) atoms. The molecular formula is C20H22ClNO4S. The molecule has 1 atom stereocenters. The Morgan fingerprint density at radius 3 is 2.37 bits per heavy atom. The molecule has 1 N–H and O–H groups in total. The van der Waals surface area contributed by atoms with Gasteiger partial charge in [0.05, 0.1) is 10.6 Å². The normalized spacial score (nSPS) is 11.9. The topological polar surface area (TPSA) is 72.5 Å². The quantitative estimate of drug-likeness (QED) is 0.551. The summed E-state index contributed by atoms with van der Waals surface area (Å²) in [5.41, 5.74) is 0.838. The molecule has 1 aromatic carbocycles. The molecule has 7 heteroatoms. The van der Waals surface area contributed by atoms with E-state index in [-0.39, 0.29) is 23.9 Å². The second kappa shape index (κ2) is 9.15. The Morgan fingerprint density at radius 2 is 1.81 bits per heavy atom. The Bertz CT molecular complexity index is 859. The van der Waals surface area contributed by atoms with E-state index in [1.165, 1.54) is 11.3 Å². The van der Waals surface area contributed by atoms with Crippen LogP contribution in [0.25, 0.3) is 0 Å². The van der Waals surface area contributed by atoms with Gasteiger partial charge in [0.2, 0.25) is 5.78 Å². The highest BCUT2D eigenvalue weighted by atomic mass is 35.5. The van der Waals surface area contributed by atoms with Gasteiger partial charge in [-0.15, -0.1) is 11.3 Å². The first-order valence-electron chi connectivity index (χ1n) is 8.53. The Balaban J connectivity index is 2.02. The summed E-state index contributed by atoms with van der Waals surface area (Å²) >= 11 is 7.55. The van der Waals surface area contributed by atoms with Gasteiger partial charge in [0.25, 0.3) is 5.91 Å². The minimum atomic E-state index is -0.883. The molecule has 0 fully saturated rings. The molecule has 0 saturated heterocycles. The van der Waals surface area contributed by atoms with E-state index in [4.69, 9.17) is 16.3 Å². The third-order valence-electron chi connectivity index (χ3n) is 4.01. The number of hydrogen-bond donors (Lipinski definition) is 1. The lowest BCUT2D eigenvalue weighted by atomic mass is 10.0. The van der Waals surface area contributed by atoms with Crippen LogP contribution in [0, 0.1) is 19.8 Å². The van der Waals surface area contributed by atoms with Gasteiger partial charge in [-0.1, -0.05) is 37.6 Å². The SMILES string of the molecule is Cc1cc(C(=O)COC(=O)[C@@H](NC(=O)c2ccccc2Cl)C(C)C)c(C)s1. The van der Waals surface area contributed by atoms with Gasteiger partial charge in [-0.05, 0) is 38.0 Å². The molecule has 0 bridgehead atoms. The molecular weight excluding hydrogens is 386 g/mol. The molecule has 2 aromatic rings. The van der Waals surface area contributed by atoms with Gasteiger partial charge in [0.15, 0.2) is 6.61 Å². The van der Waals surface area contributed by atoms with E-state index in [0.29, 0.717) is 10.6 Å². The smallest absolute Gasteiger partial charge is 0.329 e. The number of esters is 1. The summed E-state index contributed by atoms with van der Waals surface area (Å²) in [6.07, 6.45) is 0. The lowest BCUT2D eigenvalue weighted by molar-refractivity contribution is -0.145. The number of carbonyl (C=O) groups is 3. The number of aryl methyl sites for hydroxylation is 2. The molecule has 2 rings (SSSR count). The van der Waals surface area contributed by atoms with E-state index < -0.39 is 17.9 Å². The van der Waals surface area contributed by atoms with Crippen LogP contribution < -0.4 is 5.32 Å². The first-order chi connectivity index (χ1) is 12.7. The fourth-order valence-electron chi connectivity index (χ4n) is 2.57. The summed E-state index contributed by atoms with van der Waals surface area (Å²) in [6.45, 7) is 6.98. The molecule has 0 aliphatic carbocycles. The number of carbonyl (C=O) groups excluding carboxylic acids is 3. The van der Waals surface area contributed by atoms with Crippen LogP contribution >= 0.6 is 22.9 Å². The van der Waals surface area contributed by atoms with Crippen molar-refractivity contribution in [1.29, 1.82) is 0 Å². The van der Waals surface area contributed by atoms with E-state index in [1.807, 2.05) is 13.8 Å². The average Bonchev–Trinajstić information content (AvgIpc) is 2.95. The number of Topliss-reactive ketones (excluding diaryl/α,β-unsaturated/α-hetero) is 1. The zero-order chi connectivity index (χ0) is 20.1. The number of nitrogens with one attached hydrogen (secondary N) is 1. The molecule has 0 spiro atoms. The van der Waals surface area contributed by atoms with E-state index in [9.17, 15) is 14.4 Å². The van der Waals surface area contributed by atoms with Crippen molar-refractivity contribution in [2.75, 3.05) is 6.61 Å². The first kappa shape index (κ1) is 21.1. The number of hydrogen-bond acceptors (Lipinski definition) is 5. The highest BCUT2D eigenvalue weighted by Gasteiger charge is 2.27. The van der Waals surface area contributed by atoms with Crippen molar-refractivity contribution < 1.29 is 19.1 Å². The van der Waals surface area contributed by atoms with Crippen molar-refractivity contribution in [3.63, 3.8) is 0 Å². The monoisotopic (exact) mass is 407 g/mol. The molecule has 0 radical (unpaired) electrons. The molecule has 0 saturated carbocycles. The largest absolute Gasteiger partial charge is 0.456 e. The molecule has 1 aromatic heterocycles. The lowest BCUT2D eigenvalue weighted by Crippen LogP contribution is -2.45. The Labute approximate surface area is 167 Å². The van der Waals surface area contributed by atoms with E-state index in [1.54, 1.807) is 44.2 Å². The van der Waals surface area contributed by atoms with Gasteiger partial charge in [0, 0.05) is 15.3 Å². The van der Waals surface area contributed by atoms with E-state index >= 15 is 0 Å². The number of ketones is 1. The van der Waals surface area contributed by atoms with Crippen molar-refractivity contribution >= 4 is 40.6 Å². The predicted molar refractivity (Wildman–Crippen MR) is 107 cm³/mol. The van der Waals surface area contributed by atoms with Crippen LogP contribution in [0.2, 0.25) is 5.02 Å². The molecule has 5 nitrogen and oxygen atoms in total. The number of amides is 1. The van der Waals surface area contributed by atoms with Crippen molar-refractivity contribution in [2.24, 2.45) is 5.92 Å². The number of rotatable bonds is 7. The molecule has 1 heterocycles. The Hall–Kier alpha value is -2.18. The van der Waals surface area contributed by atoms with Crippen LogP contribution in [0.4, 0.5) is 0 Å². The summed E-state index contributed by atoms with van der Waals surface area (Å²) in [5.74, 6) is -1.59. The second-order valence-corrected chi connectivity index (χ2v) is 8.40. The molecule has 0 aliphatic rings. The molecule has 144 valence electrons. The molecule has 0 aliphatic heterocycles. The van der Waals surface area contributed by atoms with Gasteiger partial charge in [-0.3, -0.25) is 9.59 Å². The standard InChI is InChI=1S/C20H22ClNO4S/c1-11(2)18(22-19(24)14-7-5-6-8-16(14)21)20(25)26-10-17(23)15-9-12(3)27-13(15)4/h5-9,11,18H,10H2,1-4H3,(H,22,24)/t18-/m0/s1. The minimum absolute atomic E-state index is 0.218. The van der Waals surface area contributed by atoms with E-state index in [0.717, 1.165) is 9.75 Å². The summed E-state index contributed by atoms with van der Waals surface area (Å²) in [4.78, 5) is 39.1. The van der Waals surface area contributed by atoms with E-state index in [2.05, 4.69) is 5.32 Å². The van der Waals surface area contributed by atoms with Gasteiger partial charge in [-0.25, -0.2) is 4.79 Å². The number of benzene rings is 1. The number of thiophene rings is 1. The summed E-state index contributed by atoms with van der Waals surface area (Å²) in [7, 11) is 0. The van der Waals surface area contributed by atoms with Crippen molar-refractivity contribution in [2.45, 2.75) is 33.7 Å². The second-order valence-electron chi connectivity index (χ2n) is 6.53. The minimum Gasteiger partial charge on any atom is -0.456 e. The molecule has 0 unspecified atom stereocenters. The van der Waals surface area contributed by atoms with Gasteiger partial charge in [-0.2, -0.15) is 0 Å². The zero-order valence-corrected chi connectivity index (χ0v) is 17.2. The fraction of sp³-hybridized carbons (Fsp3) is 0.350. The maximum atomic E-state index is 12.4. The number of halogens is 1. The van der Waals surface area contributed by atoms with Crippen LogP contribution in [0.1, 0.15) is 44.3 Å². The Morgan fingerprint density at radius 1 is 1.15 bits per heavy atom. The predicted octanol–water partition coefficient (Wildman–Crippen LogP) is 4.20. The number of ether oxygens (including phenoxy) is 1. The zero-order valence-electron chi connectivity index (χ0n) is 15.7. The summed E-state index contributed by atoms with van der Waals surface area (Å²) in [5, 5.41) is 2.94. The van der Waals surface area contributed by atoms with Gasteiger partial charge < -0.3 is 10.1 Å². The third-order valence-corrected chi connectivity index (χ3v) is 5.31. The summed E-state index contributed by atoms with van der Waals surface area (Å²) < 4.78 is 5.18. The van der Waals surface area contributed by atoms with Crippen LogP contribution in [-0.4, -0.2) is 30.3 Å². The van der Waals surface area contributed by atoms with Gasteiger partial charge >= 0.3 is 5.97 Å². The summed E-state index contributed by atoms with van der Waals surface area (Å²) in [6, 6.07) is 7.48. The lowest BCUT2D eigenvalue weighted by Gasteiger charge is -2.21. The van der Waals surface area contributed by atoms with Crippen LogP contribution in [-0.2, 0) is 9.53 Å².